The summed E-state index contributed by atoms with van der Waals surface area (Å²) in [5, 5.41) is 2.66. The second-order valence-electron chi connectivity index (χ2n) is 4.57. The number of allylic oxidation sites excluding steroid dienone is 4. The van der Waals surface area contributed by atoms with Crippen molar-refractivity contribution in [3.05, 3.63) is 81.1 Å². The Bertz CT molecular complexity index is 521. The Morgan fingerprint density at radius 1 is 1.18 bits per heavy atom. The van der Waals surface area contributed by atoms with E-state index < -0.39 is 0 Å². The van der Waals surface area contributed by atoms with Gasteiger partial charge in [0, 0.05) is 0 Å². The van der Waals surface area contributed by atoms with Crippen molar-refractivity contribution in [3.8, 4) is 0 Å². The summed E-state index contributed by atoms with van der Waals surface area (Å²) in [4.78, 5) is 0. The van der Waals surface area contributed by atoms with Crippen molar-refractivity contribution in [2.75, 3.05) is 0 Å². The van der Waals surface area contributed by atoms with Gasteiger partial charge in [-0.25, -0.2) is 11.6 Å². The maximum Gasteiger partial charge on any atom is -0.0809 e. The van der Waals surface area contributed by atoms with Crippen molar-refractivity contribution in [1.29, 1.82) is 0 Å². The molecule has 0 heterocycles. The molecule has 2 heteroatoms. The van der Waals surface area contributed by atoms with Crippen LogP contribution < -0.4 is 0 Å². The second-order valence-corrected chi connectivity index (χ2v) is 4.57. The Hall–Kier alpha value is -0.759. The summed E-state index contributed by atoms with van der Waals surface area (Å²) < 4.78 is 0. The molecule has 0 aromatic heterocycles. The third-order valence-electron chi connectivity index (χ3n) is 3.11. The predicted octanol–water partition coefficient (Wildman–Crippen LogP) is 5.94. The third-order valence-corrected chi connectivity index (χ3v) is 3.11. The quantitative estimate of drug-likeness (QED) is 0.478. The number of benzene rings is 1. The number of hydrogen-bond acceptors (Lipinski definition) is 0. The van der Waals surface area contributed by atoms with Crippen LogP contribution in [0.15, 0.2) is 60.2 Å². The average molecular weight is 342 g/mol. The minimum atomic E-state index is 0. The molecule has 0 bridgehead atoms. The van der Waals surface area contributed by atoms with Crippen LogP contribution in [0.1, 0.15) is 32.6 Å². The van der Waals surface area contributed by atoms with Gasteiger partial charge >= 0.3 is 26.8 Å². The Balaban J connectivity index is 0. The van der Waals surface area contributed by atoms with Gasteiger partial charge in [0.15, 0.2) is 0 Å². The molecule has 0 N–H and O–H groups in total. The van der Waals surface area contributed by atoms with Gasteiger partial charge in [-0.3, -0.25) is 6.08 Å². The maximum atomic E-state index is 3.30. The van der Waals surface area contributed by atoms with E-state index in [1.807, 2.05) is 0 Å². The van der Waals surface area contributed by atoms with E-state index in [1.54, 1.807) is 19.2 Å². The Labute approximate surface area is 151 Å². The van der Waals surface area contributed by atoms with Gasteiger partial charge in [0.1, 0.15) is 0 Å². The zero-order valence-corrected chi connectivity index (χ0v) is 16.6. The van der Waals surface area contributed by atoms with Crippen LogP contribution in [0.4, 0.5) is 0 Å². The molecule has 0 spiro atoms. The molecule has 0 atom stereocenters. The first-order valence-electron chi connectivity index (χ1n) is 7.02. The van der Waals surface area contributed by atoms with Crippen molar-refractivity contribution in [2.24, 2.45) is 0 Å². The molecule has 0 nitrogen and oxygen atoms in total. The molecule has 0 saturated heterocycles. The zero-order chi connectivity index (χ0) is 14.6. The van der Waals surface area contributed by atoms with E-state index in [0.29, 0.717) is 0 Å². The van der Waals surface area contributed by atoms with E-state index in [9.17, 15) is 0 Å². The molecule has 0 aliphatic heterocycles. The minimum absolute atomic E-state index is 0. The molecule has 3 rings (SSSR count). The topological polar surface area (TPSA) is 0 Å². The van der Waals surface area contributed by atoms with Crippen LogP contribution >= 0.6 is 0 Å². The van der Waals surface area contributed by atoms with Crippen molar-refractivity contribution in [1.82, 2.24) is 0 Å². The first-order valence-corrected chi connectivity index (χ1v) is 9.86. The molecule has 2 aromatic rings. The van der Waals surface area contributed by atoms with Gasteiger partial charge in [-0.2, -0.15) is 23.6 Å². The fourth-order valence-corrected chi connectivity index (χ4v) is 2.06. The smallest absolute Gasteiger partial charge is 0.0809 e. The fraction of sp³-hybridized carbons (Fsp3) is 0.250. The SMILES string of the molecule is CCCCC1=[C-]CC=C1.[CH3-].[CH3-].[Si]=[Ti].c1ccc2[cH-]ccc2c1. The summed E-state index contributed by atoms with van der Waals surface area (Å²) in [6.07, 6.45) is 12.5. The molecule has 0 amide bonds. The molecule has 1 aliphatic rings. The molecule has 2 radical (unpaired) electrons. The standard InChI is InChI=1S/C9H7.C9H13.2CH3.Si.Ti/c1-2-5-9-7-3-6-8(9)4-1;1-2-3-6-9-7-4-5-8-9;;;;/h1-7H;4,7H,2-3,5-6H2,1H3;2*1H3;;/q4*-1;;. The Kier molecular flexibility index (Phi) is 16.2. The molecule has 0 saturated carbocycles. The molecular weight excluding hydrogens is 316 g/mol. The second kappa shape index (κ2) is 15.1. The van der Waals surface area contributed by atoms with Gasteiger partial charge in [-0.05, 0) is 0 Å². The van der Waals surface area contributed by atoms with E-state index >= 15 is 0 Å². The summed E-state index contributed by atoms with van der Waals surface area (Å²) >= 11 is 1.81. The molecular formula is C20H26SiTi-4. The van der Waals surface area contributed by atoms with Gasteiger partial charge in [-0.15, -0.1) is 36.1 Å². The van der Waals surface area contributed by atoms with E-state index in [0.717, 1.165) is 6.42 Å². The first kappa shape index (κ1) is 23.5. The molecule has 2 aromatic carbocycles. The van der Waals surface area contributed by atoms with Gasteiger partial charge in [0.25, 0.3) is 0 Å². The van der Waals surface area contributed by atoms with Crippen LogP contribution in [-0.2, 0) is 19.2 Å². The van der Waals surface area contributed by atoms with Gasteiger partial charge < -0.3 is 14.9 Å². The maximum absolute atomic E-state index is 3.30. The summed E-state index contributed by atoms with van der Waals surface area (Å²) in [6.45, 7) is 2.22. The normalized spacial score (nSPS) is 11.0. The van der Waals surface area contributed by atoms with Gasteiger partial charge in [-0.1, -0.05) is 32.3 Å². The largest absolute Gasteiger partial charge is 0.168 e. The molecule has 118 valence electrons. The summed E-state index contributed by atoms with van der Waals surface area (Å²) in [5.41, 5.74) is 1.41. The molecule has 0 fully saturated rings. The average Bonchev–Trinajstić information content (AvgIpc) is 3.19. The van der Waals surface area contributed by atoms with Gasteiger partial charge in [0.05, 0.1) is 0 Å². The van der Waals surface area contributed by atoms with Gasteiger partial charge in [0.2, 0.25) is 0 Å². The summed E-state index contributed by atoms with van der Waals surface area (Å²) in [7, 11) is 2.97. The Morgan fingerprint density at radius 3 is 2.50 bits per heavy atom. The van der Waals surface area contributed by atoms with Crippen molar-refractivity contribution >= 4 is 18.4 Å². The molecule has 1 aliphatic carbocycles. The monoisotopic (exact) mass is 342 g/mol. The van der Waals surface area contributed by atoms with Crippen LogP contribution in [0.5, 0.6) is 0 Å². The van der Waals surface area contributed by atoms with E-state index in [4.69, 9.17) is 0 Å². The number of rotatable bonds is 3. The van der Waals surface area contributed by atoms with E-state index in [1.165, 1.54) is 35.6 Å². The van der Waals surface area contributed by atoms with Crippen molar-refractivity contribution < 1.29 is 19.2 Å². The first-order chi connectivity index (χ1) is 9.90. The molecule has 22 heavy (non-hydrogen) atoms. The van der Waals surface area contributed by atoms with Crippen LogP contribution in [0.2, 0.25) is 0 Å². The fourth-order valence-electron chi connectivity index (χ4n) is 2.06. The van der Waals surface area contributed by atoms with Crippen LogP contribution in [0, 0.1) is 20.9 Å². The van der Waals surface area contributed by atoms with Crippen LogP contribution in [0.3, 0.4) is 0 Å². The zero-order valence-electron chi connectivity index (χ0n) is 14.0. The van der Waals surface area contributed by atoms with Crippen molar-refractivity contribution in [2.45, 2.75) is 32.6 Å². The number of hydrogen-bond donors (Lipinski definition) is 0. The van der Waals surface area contributed by atoms with E-state index in [2.05, 4.69) is 75.2 Å². The third kappa shape index (κ3) is 8.63. The molecule has 0 unspecified atom stereocenters. The van der Waals surface area contributed by atoms with E-state index in [-0.39, 0.29) is 14.9 Å². The predicted molar refractivity (Wildman–Crippen MR) is 98.2 cm³/mol. The number of fused-ring (bicyclic) bond motifs is 1. The summed E-state index contributed by atoms with van der Waals surface area (Å²) in [5.74, 6) is 0. The number of unbranched alkanes of at least 4 members (excludes halogenated alkanes) is 1. The van der Waals surface area contributed by atoms with Crippen LogP contribution in [-0.4, -0.2) is 7.63 Å². The van der Waals surface area contributed by atoms with Crippen LogP contribution in [0.25, 0.3) is 10.8 Å². The van der Waals surface area contributed by atoms with Crippen molar-refractivity contribution in [3.63, 3.8) is 0 Å². The summed E-state index contributed by atoms with van der Waals surface area (Å²) in [6, 6.07) is 14.7. The minimum Gasteiger partial charge on any atom is -0.168 e. The Morgan fingerprint density at radius 2 is 1.91 bits per heavy atom.